The summed E-state index contributed by atoms with van der Waals surface area (Å²) in [6, 6.07) is 7.62. The number of hydrogen-bond donors (Lipinski definition) is 1. The minimum absolute atomic E-state index is 0.114. The Labute approximate surface area is 144 Å². The first kappa shape index (κ1) is 18.2. The lowest BCUT2D eigenvalue weighted by atomic mass is 9.72. The molecule has 4 heteroatoms. The molecule has 0 aliphatic carbocycles. The molecule has 3 atom stereocenters. The van der Waals surface area contributed by atoms with Gasteiger partial charge in [0.05, 0.1) is 17.0 Å². The van der Waals surface area contributed by atoms with Crippen molar-refractivity contribution in [2.75, 3.05) is 6.54 Å². The summed E-state index contributed by atoms with van der Waals surface area (Å²) in [5.74, 6) is -0.728. The number of nitriles is 1. The van der Waals surface area contributed by atoms with E-state index in [-0.39, 0.29) is 34.1 Å². The third kappa shape index (κ3) is 3.54. The van der Waals surface area contributed by atoms with E-state index in [9.17, 15) is 9.65 Å². The van der Waals surface area contributed by atoms with E-state index in [4.69, 9.17) is 11.6 Å². The number of benzene rings is 1. The normalized spacial score (nSPS) is 24.6. The third-order valence-corrected chi connectivity index (χ3v) is 6.19. The molecule has 0 bridgehead atoms. The number of rotatable bonds is 6. The van der Waals surface area contributed by atoms with E-state index in [0.29, 0.717) is 12.1 Å². The fourth-order valence-electron chi connectivity index (χ4n) is 3.95. The molecule has 1 N–H and O–H groups in total. The van der Waals surface area contributed by atoms with E-state index >= 15 is 0 Å². The third-order valence-electron chi connectivity index (χ3n) is 5.90. The predicted octanol–water partition coefficient (Wildman–Crippen LogP) is 5.28. The second-order valence-electron chi connectivity index (χ2n) is 6.68. The Morgan fingerprint density at radius 1 is 1.30 bits per heavy atom. The zero-order valence-electron chi connectivity index (χ0n) is 14.2. The molecule has 23 heavy (non-hydrogen) atoms. The second kappa shape index (κ2) is 7.64. The van der Waals surface area contributed by atoms with Crippen LogP contribution >= 0.6 is 11.6 Å². The topological polar surface area (TPSA) is 35.8 Å². The minimum Gasteiger partial charge on any atom is -0.312 e. The van der Waals surface area contributed by atoms with Crippen molar-refractivity contribution in [3.8, 4) is 6.07 Å². The molecule has 1 fully saturated rings. The summed E-state index contributed by atoms with van der Waals surface area (Å²) in [6.45, 7) is 7.29. The average Bonchev–Trinajstić information content (AvgIpc) is 2.97. The summed E-state index contributed by atoms with van der Waals surface area (Å²) in [4.78, 5) is 0. The molecule has 0 amide bonds. The molecule has 1 aromatic carbocycles. The molecule has 1 heterocycles. The standard InChI is InChI=1S/C19H26ClFN2/c1-4-19(5-2,6-3)10-17-14(11-22)15(12-23-17)13-8-7-9-16(20)18(13)21/h7-9,14-15,17,23H,4-6,10,12H2,1-3H3. The van der Waals surface area contributed by atoms with Gasteiger partial charge in [0, 0.05) is 18.5 Å². The zero-order valence-corrected chi connectivity index (χ0v) is 15.0. The number of nitrogens with one attached hydrogen (secondary N) is 1. The summed E-state index contributed by atoms with van der Waals surface area (Å²) in [6.07, 6.45) is 4.28. The molecule has 0 radical (unpaired) electrons. The van der Waals surface area contributed by atoms with Gasteiger partial charge in [0.1, 0.15) is 5.82 Å². The predicted molar refractivity (Wildman–Crippen MR) is 93.0 cm³/mol. The van der Waals surface area contributed by atoms with Crippen LogP contribution in [0.4, 0.5) is 4.39 Å². The van der Waals surface area contributed by atoms with Crippen LogP contribution in [-0.2, 0) is 0 Å². The van der Waals surface area contributed by atoms with E-state index in [1.807, 2.05) is 0 Å². The Bertz CT molecular complexity index is 569. The van der Waals surface area contributed by atoms with Crippen molar-refractivity contribution in [1.29, 1.82) is 5.26 Å². The maximum absolute atomic E-state index is 14.4. The first-order valence-corrected chi connectivity index (χ1v) is 8.96. The number of nitrogens with zero attached hydrogens (tertiary/aromatic N) is 1. The Morgan fingerprint density at radius 3 is 2.52 bits per heavy atom. The average molecular weight is 337 g/mol. The van der Waals surface area contributed by atoms with Gasteiger partial charge in [-0.15, -0.1) is 0 Å². The van der Waals surface area contributed by atoms with Gasteiger partial charge in [-0.05, 0) is 23.5 Å². The Kier molecular flexibility index (Phi) is 6.06. The highest BCUT2D eigenvalue weighted by atomic mass is 35.5. The summed E-state index contributed by atoms with van der Waals surface area (Å²) in [5, 5.41) is 13.3. The first-order valence-electron chi connectivity index (χ1n) is 8.58. The molecule has 2 rings (SSSR count). The lowest BCUT2D eigenvalue weighted by Gasteiger charge is -2.34. The highest BCUT2D eigenvalue weighted by molar-refractivity contribution is 6.30. The van der Waals surface area contributed by atoms with Crippen LogP contribution in [0.2, 0.25) is 5.02 Å². The van der Waals surface area contributed by atoms with Crippen LogP contribution < -0.4 is 5.32 Å². The van der Waals surface area contributed by atoms with Crippen molar-refractivity contribution in [2.24, 2.45) is 11.3 Å². The van der Waals surface area contributed by atoms with Crippen LogP contribution in [0.25, 0.3) is 0 Å². The van der Waals surface area contributed by atoms with Crippen LogP contribution in [0, 0.1) is 28.5 Å². The summed E-state index contributed by atoms with van der Waals surface area (Å²) in [7, 11) is 0. The second-order valence-corrected chi connectivity index (χ2v) is 7.09. The van der Waals surface area contributed by atoms with Crippen LogP contribution in [0.3, 0.4) is 0 Å². The van der Waals surface area contributed by atoms with Crippen molar-refractivity contribution in [3.05, 3.63) is 34.6 Å². The van der Waals surface area contributed by atoms with Crippen molar-refractivity contribution >= 4 is 11.6 Å². The van der Waals surface area contributed by atoms with Crippen molar-refractivity contribution in [2.45, 2.75) is 58.4 Å². The lowest BCUT2D eigenvalue weighted by Crippen LogP contribution is -2.34. The van der Waals surface area contributed by atoms with Gasteiger partial charge in [0.25, 0.3) is 0 Å². The molecule has 1 saturated heterocycles. The van der Waals surface area contributed by atoms with Gasteiger partial charge in [-0.25, -0.2) is 4.39 Å². The van der Waals surface area contributed by atoms with E-state index in [1.54, 1.807) is 18.2 Å². The van der Waals surface area contributed by atoms with Gasteiger partial charge in [0.2, 0.25) is 0 Å². The molecular weight excluding hydrogens is 311 g/mol. The van der Waals surface area contributed by atoms with E-state index in [0.717, 1.165) is 25.7 Å². The van der Waals surface area contributed by atoms with E-state index < -0.39 is 0 Å². The number of hydrogen-bond acceptors (Lipinski definition) is 2. The Balaban J connectivity index is 2.25. The molecular formula is C19H26ClFN2. The maximum Gasteiger partial charge on any atom is 0.145 e. The van der Waals surface area contributed by atoms with Crippen molar-refractivity contribution < 1.29 is 4.39 Å². The molecule has 2 nitrogen and oxygen atoms in total. The fourth-order valence-corrected chi connectivity index (χ4v) is 4.13. The van der Waals surface area contributed by atoms with Gasteiger partial charge < -0.3 is 5.32 Å². The van der Waals surface area contributed by atoms with Crippen LogP contribution in [0.5, 0.6) is 0 Å². The quantitative estimate of drug-likeness (QED) is 0.767. The Morgan fingerprint density at radius 2 is 1.96 bits per heavy atom. The van der Waals surface area contributed by atoms with Crippen LogP contribution in [0.1, 0.15) is 57.9 Å². The summed E-state index contributed by atoms with van der Waals surface area (Å²) >= 11 is 5.92. The SMILES string of the molecule is CCC(CC)(CC)CC1NCC(c2cccc(Cl)c2F)C1C#N. The smallest absolute Gasteiger partial charge is 0.145 e. The molecule has 0 spiro atoms. The zero-order chi connectivity index (χ0) is 17.0. The van der Waals surface area contributed by atoms with Gasteiger partial charge in [-0.1, -0.05) is 63.8 Å². The molecule has 3 unspecified atom stereocenters. The lowest BCUT2D eigenvalue weighted by molar-refractivity contribution is 0.194. The minimum atomic E-state index is -0.380. The molecule has 126 valence electrons. The molecule has 1 aromatic rings. The van der Waals surface area contributed by atoms with Gasteiger partial charge in [-0.3, -0.25) is 0 Å². The largest absolute Gasteiger partial charge is 0.312 e. The fraction of sp³-hybridized carbons (Fsp3) is 0.632. The highest BCUT2D eigenvalue weighted by Gasteiger charge is 2.41. The summed E-state index contributed by atoms with van der Waals surface area (Å²) in [5.41, 5.74) is 0.822. The molecule has 0 aromatic heterocycles. The van der Waals surface area contributed by atoms with Gasteiger partial charge in [0.15, 0.2) is 0 Å². The highest BCUT2D eigenvalue weighted by Crippen LogP contribution is 2.42. The van der Waals surface area contributed by atoms with E-state index in [1.165, 1.54) is 0 Å². The van der Waals surface area contributed by atoms with Crippen LogP contribution in [-0.4, -0.2) is 12.6 Å². The van der Waals surface area contributed by atoms with Gasteiger partial charge >= 0.3 is 0 Å². The van der Waals surface area contributed by atoms with Crippen molar-refractivity contribution in [3.63, 3.8) is 0 Å². The summed E-state index contributed by atoms with van der Waals surface area (Å²) < 4.78 is 14.4. The van der Waals surface area contributed by atoms with Crippen LogP contribution in [0.15, 0.2) is 18.2 Å². The number of halogens is 2. The first-order chi connectivity index (χ1) is 11.0. The molecule has 1 aliphatic heterocycles. The monoisotopic (exact) mass is 336 g/mol. The maximum atomic E-state index is 14.4. The van der Waals surface area contributed by atoms with Gasteiger partial charge in [-0.2, -0.15) is 5.26 Å². The van der Waals surface area contributed by atoms with E-state index in [2.05, 4.69) is 32.2 Å². The molecule has 0 saturated carbocycles. The molecule has 1 aliphatic rings. The Hall–Kier alpha value is -1.11. The van der Waals surface area contributed by atoms with Crippen molar-refractivity contribution in [1.82, 2.24) is 5.32 Å².